The van der Waals surface area contributed by atoms with Crippen molar-refractivity contribution in [2.24, 2.45) is 11.3 Å². The van der Waals surface area contributed by atoms with Crippen LogP contribution in [0.2, 0.25) is 0 Å². The van der Waals surface area contributed by atoms with Crippen LogP contribution in [-0.4, -0.2) is 22.4 Å². The molecule has 2 heteroatoms. The van der Waals surface area contributed by atoms with Crippen molar-refractivity contribution in [3.05, 3.63) is 11.6 Å². The second-order valence-electron chi connectivity index (χ2n) is 4.46. The second-order valence-corrected chi connectivity index (χ2v) is 4.46. The molecule has 12 heavy (non-hydrogen) atoms. The van der Waals surface area contributed by atoms with E-state index in [0.29, 0.717) is 5.92 Å². The number of allylic oxidation sites excluding steroid dienone is 1. The van der Waals surface area contributed by atoms with E-state index in [1.54, 1.807) is 0 Å². The van der Waals surface area contributed by atoms with Crippen LogP contribution in [0.5, 0.6) is 0 Å². The topological polar surface area (TPSA) is 40.5 Å². The molecule has 0 aromatic carbocycles. The van der Waals surface area contributed by atoms with E-state index < -0.39 is 5.60 Å². The Kier molecular flexibility index (Phi) is 1.46. The molecule has 0 radical (unpaired) electrons. The zero-order chi connectivity index (χ0) is 8.98. The van der Waals surface area contributed by atoms with Gasteiger partial charge >= 0.3 is 0 Å². The quantitative estimate of drug-likeness (QED) is 0.575. The van der Waals surface area contributed by atoms with Gasteiger partial charge in [-0.3, -0.25) is 0 Å². The number of aliphatic hydroxyl groups excluding tert-OH is 1. The molecule has 0 aliphatic heterocycles. The molecule has 0 spiro atoms. The number of rotatable bonds is 1. The van der Waals surface area contributed by atoms with E-state index in [0.717, 1.165) is 18.4 Å². The third-order valence-electron chi connectivity index (χ3n) is 4.08. The van der Waals surface area contributed by atoms with E-state index in [4.69, 9.17) is 0 Å². The van der Waals surface area contributed by atoms with Gasteiger partial charge in [0.1, 0.15) is 0 Å². The van der Waals surface area contributed by atoms with Crippen molar-refractivity contribution in [3.63, 3.8) is 0 Å². The van der Waals surface area contributed by atoms with Crippen molar-refractivity contribution in [2.45, 2.75) is 32.3 Å². The van der Waals surface area contributed by atoms with Crippen molar-refractivity contribution in [1.29, 1.82) is 0 Å². The van der Waals surface area contributed by atoms with Crippen molar-refractivity contribution in [1.82, 2.24) is 0 Å². The Bertz CT molecular complexity index is 246. The first-order valence-electron chi connectivity index (χ1n) is 4.55. The molecule has 3 aliphatic rings. The third kappa shape index (κ3) is 0.639. The van der Waals surface area contributed by atoms with Gasteiger partial charge in [0.15, 0.2) is 0 Å². The Balaban J connectivity index is 2.39. The van der Waals surface area contributed by atoms with E-state index in [1.807, 2.05) is 13.8 Å². The summed E-state index contributed by atoms with van der Waals surface area (Å²) in [6.45, 7) is 4.04. The summed E-state index contributed by atoms with van der Waals surface area (Å²) in [7, 11) is 0. The van der Waals surface area contributed by atoms with Crippen LogP contribution in [0.4, 0.5) is 0 Å². The minimum atomic E-state index is -0.704. The summed E-state index contributed by atoms with van der Waals surface area (Å²) in [6, 6.07) is 0. The lowest BCUT2D eigenvalue weighted by molar-refractivity contribution is -0.203. The highest BCUT2D eigenvalue weighted by molar-refractivity contribution is 5.32. The highest BCUT2D eigenvalue weighted by Gasteiger charge is 2.63. The molecule has 1 saturated carbocycles. The van der Waals surface area contributed by atoms with Gasteiger partial charge in [0.25, 0.3) is 0 Å². The summed E-state index contributed by atoms with van der Waals surface area (Å²) in [5, 5.41) is 19.4. The largest absolute Gasteiger partial charge is 0.396 e. The molecule has 0 heterocycles. The lowest BCUT2D eigenvalue weighted by Crippen LogP contribution is -2.66. The molecule has 2 nitrogen and oxygen atoms in total. The lowest BCUT2D eigenvalue weighted by atomic mass is 9.45. The molecule has 0 saturated heterocycles. The summed E-state index contributed by atoms with van der Waals surface area (Å²) in [4.78, 5) is 0. The minimum absolute atomic E-state index is 0.0966. The lowest BCUT2D eigenvalue weighted by Gasteiger charge is -2.62. The van der Waals surface area contributed by atoms with Crippen LogP contribution < -0.4 is 0 Å². The molecule has 3 rings (SSSR count). The fourth-order valence-electron chi connectivity index (χ4n) is 2.72. The van der Waals surface area contributed by atoms with Crippen LogP contribution >= 0.6 is 0 Å². The molecule has 3 atom stereocenters. The van der Waals surface area contributed by atoms with E-state index in [9.17, 15) is 10.2 Å². The maximum absolute atomic E-state index is 10.2. The first-order chi connectivity index (χ1) is 5.54. The second kappa shape index (κ2) is 2.12. The van der Waals surface area contributed by atoms with Crippen molar-refractivity contribution < 1.29 is 10.2 Å². The molecule has 0 aromatic heterocycles. The zero-order valence-corrected chi connectivity index (χ0v) is 7.67. The van der Waals surface area contributed by atoms with Crippen LogP contribution in [0, 0.1) is 11.3 Å². The van der Waals surface area contributed by atoms with Crippen LogP contribution in [0.25, 0.3) is 0 Å². The molecule has 1 unspecified atom stereocenters. The maximum atomic E-state index is 10.2. The Morgan fingerprint density at radius 2 is 2.33 bits per heavy atom. The zero-order valence-electron chi connectivity index (χ0n) is 7.67. The number of fused-ring (bicyclic) bond motifs is 1. The average Bonchev–Trinajstić information content (AvgIpc) is 2.07. The van der Waals surface area contributed by atoms with Crippen molar-refractivity contribution in [2.75, 3.05) is 6.61 Å². The Labute approximate surface area is 72.9 Å². The summed E-state index contributed by atoms with van der Waals surface area (Å²) in [5.74, 6) is 0.483. The molecule has 0 amide bonds. The SMILES string of the molecule is CC1=CC[C@H]2CC1(O)[C@@]2(C)CO. The monoisotopic (exact) mass is 168 g/mol. The van der Waals surface area contributed by atoms with Gasteiger partial charge in [-0.15, -0.1) is 0 Å². The summed E-state index contributed by atoms with van der Waals surface area (Å²) in [5.41, 5.74) is 0.0674. The summed E-state index contributed by atoms with van der Waals surface area (Å²) < 4.78 is 0. The molecule has 0 aromatic rings. The van der Waals surface area contributed by atoms with Gasteiger partial charge in [-0.05, 0) is 31.3 Å². The minimum Gasteiger partial charge on any atom is -0.396 e. The normalized spacial score (nSPS) is 51.3. The molecule has 2 bridgehead atoms. The average molecular weight is 168 g/mol. The number of hydrogen-bond donors (Lipinski definition) is 2. The van der Waals surface area contributed by atoms with Crippen molar-refractivity contribution in [3.8, 4) is 0 Å². The van der Waals surface area contributed by atoms with E-state index in [1.165, 1.54) is 0 Å². The number of hydrogen-bond acceptors (Lipinski definition) is 2. The first kappa shape index (κ1) is 8.27. The Morgan fingerprint density at radius 1 is 1.67 bits per heavy atom. The van der Waals surface area contributed by atoms with Crippen LogP contribution in [0.3, 0.4) is 0 Å². The highest BCUT2D eigenvalue weighted by atomic mass is 16.3. The van der Waals surface area contributed by atoms with Gasteiger partial charge in [0, 0.05) is 5.41 Å². The Hall–Kier alpha value is -0.340. The van der Waals surface area contributed by atoms with Gasteiger partial charge in [-0.2, -0.15) is 0 Å². The maximum Gasteiger partial charge on any atom is 0.0935 e. The van der Waals surface area contributed by atoms with Gasteiger partial charge in [0.2, 0.25) is 0 Å². The standard InChI is InChI=1S/C10H16O2/c1-7-3-4-8-5-10(7,12)9(8,2)6-11/h3,8,11-12H,4-6H2,1-2H3/t8-,9-,10?/m0/s1. The van der Waals surface area contributed by atoms with E-state index >= 15 is 0 Å². The Morgan fingerprint density at radius 3 is 2.75 bits per heavy atom. The predicted octanol–water partition coefficient (Wildman–Crippen LogP) is 1.09. The van der Waals surface area contributed by atoms with Gasteiger partial charge < -0.3 is 10.2 Å². The van der Waals surface area contributed by atoms with Gasteiger partial charge in [-0.1, -0.05) is 13.0 Å². The van der Waals surface area contributed by atoms with E-state index in [2.05, 4.69) is 6.08 Å². The molecule has 68 valence electrons. The highest BCUT2D eigenvalue weighted by Crippen LogP contribution is 2.61. The van der Waals surface area contributed by atoms with Crippen LogP contribution in [0.15, 0.2) is 11.6 Å². The molecular formula is C10H16O2. The van der Waals surface area contributed by atoms with Crippen LogP contribution in [0.1, 0.15) is 26.7 Å². The van der Waals surface area contributed by atoms with Gasteiger partial charge in [0.05, 0.1) is 12.2 Å². The smallest absolute Gasteiger partial charge is 0.0935 e. The molecule has 2 N–H and O–H groups in total. The fourth-order valence-corrected chi connectivity index (χ4v) is 2.72. The molecule has 1 fully saturated rings. The number of aliphatic hydroxyl groups is 2. The van der Waals surface area contributed by atoms with E-state index in [-0.39, 0.29) is 12.0 Å². The molecular weight excluding hydrogens is 152 g/mol. The van der Waals surface area contributed by atoms with Crippen molar-refractivity contribution >= 4 is 0 Å². The first-order valence-corrected chi connectivity index (χ1v) is 4.55. The summed E-state index contributed by atoms with van der Waals surface area (Å²) >= 11 is 0. The molecule has 3 aliphatic carbocycles. The third-order valence-corrected chi connectivity index (χ3v) is 4.08. The summed E-state index contributed by atoms with van der Waals surface area (Å²) in [6.07, 6.45) is 3.96. The van der Waals surface area contributed by atoms with Gasteiger partial charge in [-0.25, -0.2) is 0 Å². The van der Waals surface area contributed by atoms with Crippen LogP contribution in [-0.2, 0) is 0 Å². The fraction of sp³-hybridized carbons (Fsp3) is 0.800. The predicted molar refractivity (Wildman–Crippen MR) is 46.6 cm³/mol.